The Morgan fingerprint density at radius 2 is 0.0267 bits per heavy atom. The van der Waals surface area contributed by atoms with Gasteiger partial charge in [-0.25, -0.2) is 0 Å². The van der Waals surface area contributed by atoms with E-state index in [2.05, 4.69) is 0 Å². The van der Waals surface area contributed by atoms with Crippen molar-refractivity contribution in [3.63, 3.8) is 0 Å². The minimum atomic E-state index is 0. The van der Waals surface area contributed by atoms with Crippen LogP contribution in [0.2, 0.25) is 0 Å². The Morgan fingerprint density at radius 3 is 0.0267 bits per heavy atom. The first-order valence-corrected chi connectivity index (χ1v) is 0. The second kappa shape index (κ2) is 4740. The Morgan fingerprint density at radius 1 is 0.0267 bits per heavy atom. The third-order valence-electron chi connectivity index (χ3n) is 0. The summed E-state index contributed by atoms with van der Waals surface area (Å²) in [5.41, 5.74) is 0. The van der Waals surface area contributed by atoms with Crippen LogP contribution in [0.15, 0.2) is 0 Å². The molecular weight excluding hydrogens is 1470 g/mol. The van der Waals surface area contributed by atoms with E-state index < -0.39 is 0 Å². The summed E-state index contributed by atoms with van der Waals surface area (Å²) >= 11 is 0. The Hall–Kier alpha value is 11.3. The Balaban J connectivity index is 0. The second-order valence-corrected chi connectivity index (χ2v) is 0. The molecule has 400 valence electrons. The molecule has 0 heterocycles. The molecule has 0 aromatic carbocycles. The Labute approximate surface area is 697 Å². The van der Waals surface area contributed by atoms with Gasteiger partial charge in [-0.2, -0.15) is 0 Å². The van der Waals surface area contributed by atoms with E-state index in [9.17, 15) is 0 Å². The van der Waals surface area contributed by atoms with Gasteiger partial charge in [-0.05, 0) is 0 Å². The van der Waals surface area contributed by atoms with E-state index in [1.165, 1.54) is 0 Å². The fourth-order valence-corrected chi connectivity index (χ4v) is 0. The van der Waals surface area contributed by atoms with Gasteiger partial charge in [-0.3, -0.25) is 0 Å². The van der Waals surface area contributed by atoms with Crippen LogP contribution in [-0.2, 0) is 274 Å². The van der Waals surface area contributed by atoms with E-state index in [0.29, 0.717) is 0 Å². The average Bonchev–Trinajstić information content (AvgIpc) is 0. The standard InChI is InChI=1S/25Al.50O/q25*+3;50*-2. The molecule has 75 heteroatoms. The van der Waals surface area contributed by atoms with Crippen molar-refractivity contribution in [3.8, 4) is 0 Å². The molecule has 0 bridgehead atoms. The average molecular weight is 1470 g/mol. The van der Waals surface area contributed by atoms with Crippen LogP contribution in [0.4, 0.5) is 0 Å². The van der Waals surface area contributed by atoms with Crippen molar-refractivity contribution in [2.75, 3.05) is 0 Å². The second-order valence-electron chi connectivity index (χ2n) is 0. The fraction of sp³-hybridized carbons (Fsp3) is 0. The van der Waals surface area contributed by atoms with E-state index in [4.69, 9.17) is 0 Å². The SMILES string of the molecule is [Al+3].[Al+3].[Al+3].[Al+3].[Al+3].[Al+3].[Al+3].[Al+3].[Al+3].[Al+3].[Al+3].[Al+3].[Al+3].[Al+3].[Al+3].[Al+3].[Al+3].[Al+3].[Al+3].[Al+3].[Al+3].[Al+3].[Al+3].[Al+3].[Al+3].[O-2].[O-2].[O-2].[O-2].[O-2].[O-2].[O-2].[O-2].[O-2].[O-2].[O-2].[O-2].[O-2].[O-2].[O-2].[O-2].[O-2].[O-2].[O-2].[O-2].[O-2].[O-2].[O-2].[O-2].[O-2].[O-2].[O-2].[O-2].[O-2].[O-2].[O-2].[O-2].[O-2].[O-2].[O-2].[O-2].[O-2].[O-2].[O-2].[O-2].[O-2].[O-2].[O-2].[O-2].[O-2].[O-2].[O-2].[O-2].[O-2].[O-2]. The van der Waals surface area contributed by atoms with E-state index in [-0.39, 0.29) is 708 Å². The number of rotatable bonds is 0. The molecule has 0 unspecified atom stereocenters. The van der Waals surface area contributed by atoms with Crippen LogP contribution >= 0.6 is 0 Å². The third-order valence-corrected chi connectivity index (χ3v) is 0. The predicted molar refractivity (Wildman–Crippen MR) is 178 cm³/mol. The molecule has 75 heavy (non-hydrogen) atoms. The predicted octanol–water partition coefficient (Wildman–Crippen LogP) is -15.5. The topological polar surface area (TPSA) is 1420 Å². The largest absolute Gasteiger partial charge is 3.00 e. The van der Waals surface area contributed by atoms with Crippen molar-refractivity contribution >= 4 is 434 Å². The van der Waals surface area contributed by atoms with Crippen LogP contribution in [0.1, 0.15) is 0 Å². The molecule has 50 nitrogen and oxygen atoms in total. The third kappa shape index (κ3) is 4630. The maximum Gasteiger partial charge on any atom is 3.00 e. The summed E-state index contributed by atoms with van der Waals surface area (Å²) in [6, 6.07) is 0. The van der Waals surface area contributed by atoms with Gasteiger partial charge in [0.05, 0.1) is 0 Å². The molecule has 0 N–H and O–H groups in total. The van der Waals surface area contributed by atoms with Gasteiger partial charge in [0, 0.05) is 0 Å². The van der Waals surface area contributed by atoms with Crippen molar-refractivity contribution in [1.29, 1.82) is 0 Å². The van der Waals surface area contributed by atoms with Crippen molar-refractivity contribution in [2.45, 2.75) is 0 Å². The summed E-state index contributed by atoms with van der Waals surface area (Å²) in [7, 11) is 0. The van der Waals surface area contributed by atoms with Gasteiger partial charge in [-0.1, -0.05) is 0 Å². The zero-order valence-electron chi connectivity index (χ0n) is 34.8. The molecule has 0 aliphatic rings. The Kier molecular flexibility index (Phi) is 310000. The number of hydrogen-bond acceptors (Lipinski definition) is 0. The zero-order valence-corrected chi connectivity index (χ0v) is 63.7. The summed E-state index contributed by atoms with van der Waals surface area (Å²) in [6.45, 7) is 0. The monoisotopic (exact) mass is 1470 g/mol. The minimum absolute atomic E-state index is 0. The molecule has 0 atom stereocenters. The summed E-state index contributed by atoms with van der Waals surface area (Å²) in [5.74, 6) is 0. The van der Waals surface area contributed by atoms with Crippen LogP contribution in [-0.4, -0.2) is 434 Å². The first kappa shape index (κ1) is 4910. The molecule has 0 spiro atoms. The van der Waals surface area contributed by atoms with Crippen LogP contribution in [0.5, 0.6) is 0 Å². The fourth-order valence-electron chi connectivity index (χ4n) is 0. The van der Waals surface area contributed by atoms with E-state index in [1.54, 1.807) is 0 Å². The van der Waals surface area contributed by atoms with Crippen LogP contribution < -0.4 is 0 Å². The van der Waals surface area contributed by atoms with Gasteiger partial charge in [0.15, 0.2) is 0 Å². The maximum atomic E-state index is 0. The van der Waals surface area contributed by atoms with E-state index in [1.807, 2.05) is 0 Å². The normalized spacial score (nSPS) is 0. The first-order valence-electron chi connectivity index (χ1n) is 0. The van der Waals surface area contributed by atoms with Crippen LogP contribution in [0, 0.1) is 0 Å². The summed E-state index contributed by atoms with van der Waals surface area (Å²) in [4.78, 5) is 0. The Bertz CT molecular complexity index is 68.9. The van der Waals surface area contributed by atoms with Gasteiger partial charge in [-0.15, -0.1) is 0 Å². The van der Waals surface area contributed by atoms with Gasteiger partial charge in [0.25, 0.3) is 0 Å². The van der Waals surface area contributed by atoms with Crippen molar-refractivity contribution < 1.29 is 274 Å². The molecule has 0 aliphatic carbocycles. The van der Waals surface area contributed by atoms with E-state index in [0.717, 1.165) is 0 Å². The van der Waals surface area contributed by atoms with Gasteiger partial charge in [0.2, 0.25) is 0 Å². The number of hydrogen-bond donors (Lipinski definition) is 0. The summed E-state index contributed by atoms with van der Waals surface area (Å²) in [5, 5.41) is 0. The molecule has 0 aliphatic heterocycles. The molecule has 0 fully saturated rings. The van der Waals surface area contributed by atoms with Crippen molar-refractivity contribution in [3.05, 3.63) is 0 Å². The van der Waals surface area contributed by atoms with Gasteiger partial charge >= 0.3 is 434 Å². The van der Waals surface area contributed by atoms with Gasteiger partial charge < -0.3 is 274 Å². The van der Waals surface area contributed by atoms with Crippen LogP contribution in [0.25, 0.3) is 0 Å². The zero-order chi connectivity index (χ0) is 0. The molecule has 0 aromatic rings. The quantitative estimate of drug-likeness (QED) is 0.204. The summed E-state index contributed by atoms with van der Waals surface area (Å²) < 4.78 is 0. The van der Waals surface area contributed by atoms with Crippen molar-refractivity contribution in [1.82, 2.24) is 0 Å². The first-order chi connectivity index (χ1) is 0. The van der Waals surface area contributed by atoms with Gasteiger partial charge in [0.1, 0.15) is 0 Å². The molecule has 0 aromatic heterocycles. The minimum Gasteiger partial charge on any atom is -2.00 e. The molecular formula is Al25O50-25. The summed E-state index contributed by atoms with van der Waals surface area (Å²) in [6.07, 6.45) is 0. The van der Waals surface area contributed by atoms with Crippen LogP contribution in [0.3, 0.4) is 0 Å². The molecule has 0 saturated heterocycles. The maximum absolute atomic E-state index is 0. The van der Waals surface area contributed by atoms with Crippen molar-refractivity contribution in [2.24, 2.45) is 0 Å². The van der Waals surface area contributed by atoms with E-state index >= 15 is 0 Å². The smallest absolute Gasteiger partial charge is 2.00 e. The molecule has 0 saturated carbocycles. The molecule has 0 radical (unpaired) electrons. The molecule has 0 amide bonds. The molecule has 0 rings (SSSR count).